The summed E-state index contributed by atoms with van der Waals surface area (Å²) >= 11 is 0. The molecule has 0 spiro atoms. The predicted octanol–water partition coefficient (Wildman–Crippen LogP) is -0.724. The Labute approximate surface area is 70.7 Å². The highest BCUT2D eigenvalue weighted by atomic mass is 16.2. The molecule has 3 atom stereocenters. The molecule has 12 heavy (non-hydrogen) atoms. The van der Waals surface area contributed by atoms with Crippen LogP contribution in [0.25, 0.3) is 0 Å². The van der Waals surface area contributed by atoms with E-state index < -0.39 is 0 Å². The zero-order valence-corrected chi connectivity index (χ0v) is 6.99. The van der Waals surface area contributed by atoms with Crippen LogP contribution in [0, 0.1) is 0 Å². The van der Waals surface area contributed by atoms with E-state index in [1.54, 1.807) is 4.90 Å². The van der Waals surface area contributed by atoms with Crippen molar-refractivity contribution < 1.29 is 9.59 Å². The summed E-state index contributed by atoms with van der Waals surface area (Å²) in [5.41, 5.74) is 5.57. The Kier molecular flexibility index (Phi) is 1.48. The fourth-order valence-corrected chi connectivity index (χ4v) is 2.16. The molecule has 2 aliphatic rings. The van der Waals surface area contributed by atoms with Crippen LogP contribution in [0.4, 0.5) is 0 Å². The van der Waals surface area contributed by atoms with Crippen LogP contribution < -0.4 is 5.73 Å². The molecule has 2 fully saturated rings. The Morgan fingerprint density at radius 1 is 1.58 bits per heavy atom. The third-order valence-electron chi connectivity index (χ3n) is 2.85. The molecule has 3 unspecified atom stereocenters. The van der Waals surface area contributed by atoms with E-state index in [2.05, 4.69) is 0 Å². The van der Waals surface area contributed by atoms with E-state index in [4.69, 9.17) is 5.73 Å². The summed E-state index contributed by atoms with van der Waals surface area (Å²) in [7, 11) is 0. The third-order valence-corrected chi connectivity index (χ3v) is 2.85. The number of hydrogen-bond donors (Lipinski definition) is 1. The molecule has 0 aliphatic carbocycles. The SMILES string of the molecule is CC(=O)C1CCC2C(N)C(=O)N12. The maximum Gasteiger partial charge on any atom is 0.242 e. The maximum absolute atomic E-state index is 11.2. The van der Waals surface area contributed by atoms with Gasteiger partial charge in [0, 0.05) is 0 Å². The summed E-state index contributed by atoms with van der Waals surface area (Å²) in [4.78, 5) is 23.9. The van der Waals surface area contributed by atoms with Crippen molar-refractivity contribution in [3.8, 4) is 0 Å². The van der Waals surface area contributed by atoms with Crippen molar-refractivity contribution in [2.75, 3.05) is 0 Å². The van der Waals surface area contributed by atoms with E-state index in [0.29, 0.717) is 0 Å². The van der Waals surface area contributed by atoms with Gasteiger partial charge in [0.15, 0.2) is 5.78 Å². The van der Waals surface area contributed by atoms with Gasteiger partial charge in [-0.3, -0.25) is 9.59 Å². The lowest BCUT2D eigenvalue weighted by Gasteiger charge is -2.42. The number of β-lactam (4-membered cyclic amide) rings is 1. The number of carbonyl (C=O) groups excluding carboxylic acids is 2. The molecule has 4 nitrogen and oxygen atoms in total. The smallest absolute Gasteiger partial charge is 0.242 e. The first-order valence-electron chi connectivity index (χ1n) is 4.21. The van der Waals surface area contributed by atoms with Crippen LogP contribution in [0.1, 0.15) is 19.8 Å². The normalized spacial score (nSPS) is 39.3. The molecule has 0 aromatic carbocycles. The molecule has 0 aromatic heterocycles. The lowest BCUT2D eigenvalue weighted by Crippen LogP contribution is -2.68. The van der Waals surface area contributed by atoms with Crippen LogP contribution in [0.5, 0.6) is 0 Å². The van der Waals surface area contributed by atoms with Crippen LogP contribution in [0.3, 0.4) is 0 Å². The van der Waals surface area contributed by atoms with Crippen molar-refractivity contribution in [1.29, 1.82) is 0 Å². The van der Waals surface area contributed by atoms with E-state index in [9.17, 15) is 9.59 Å². The number of fused-ring (bicyclic) bond motifs is 1. The first-order valence-corrected chi connectivity index (χ1v) is 4.21. The van der Waals surface area contributed by atoms with Crippen LogP contribution in [0.2, 0.25) is 0 Å². The summed E-state index contributed by atoms with van der Waals surface area (Å²) in [6, 6.07) is -0.372. The average molecular weight is 168 g/mol. The number of Topliss-reactive ketones (excluding diaryl/α,β-unsaturated/α-hetero) is 1. The number of carbonyl (C=O) groups is 2. The summed E-state index contributed by atoms with van der Waals surface area (Å²) in [5, 5.41) is 0. The predicted molar refractivity (Wildman–Crippen MR) is 42.3 cm³/mol. The molecule has 2 saturated heterocycles. The van der Waals surface area contributed by atoms with Crippen molar-refractivity contribution in [1.82, 2.24) is 4.90 Å². The molecule has 66 valence electrons. The van der Waals surface area contributed by atoms with Crippen LogP contribution >= 0.6 is 0 Å². The van der Waals surface area contributed by atoms with Crippen molar-refractivity contribution >= 4 is 11.7 Å². The fourth-order valence-electron chi connectivity index (χ4n) is 2.16. The van der Waals surface area contributed by atoms with Crippen LogP contribution in [-0.4, -0.2) is 34.7 Å². The van der Waals surface area contributed by atoms with Gasteiger partial charge in [-0.05, 0) is 19.8 Å². The second kappa shape index (κ2) is 2.29. The van der Waals surface area contributed by atoms with E-state index in [0.717, 1.165) is 12.8 Å². The zero-order valence-electron chi connectivity index (χ0n) is 6.99. The molecule has 0 aromatic rings. The molecular formula is C8H12N2O2. The summed E-state index contributed by atoms with van der Waals surface area (Å²) in [6.45, 7) is 1.53. The van der Waals surface area contributed by atoms with E-state index in [1.807, 2.05) is 0 Å². The number of amides is 1. The fraction of sp³-hybridized carbons (Fsp3) is 0.750. The van der Waals surface area contributed by atoms with Gasteiger partial charge in [-0.2, -0.15) is 0 Å². The van der Waals surface area contributed by atoms with Crippen LogP contribution in [0.15, 0.2) is 0 Å². The zero-order chi connectivity index (χ0) is 8.88. The highest BCUT2D eigenvalue weighted by Gasteiger charge is 2.53. The lowest BCUT2D eigenvalue weighted by molar-refractivity contribution is -0.152. The summed E-state index contributed by atoms with van der Waals surface area (Å²) in [5.74, 6) is 0.0236. The molecule has 2 heterocycles. The van der Waals surface area contributed by atoms with Crippen molar-refractivity contribution in [3.05, 3.63) is 0 Å². The first kappa shape index (κ1) is 7.73. The van der Waals surface area contributed by atoms with Gasteiger partial charge in [0.25, 0.3) is 0 Å². The molecule has 0 saturated carbocycles. The average Bonchev–Trinajstić information content (AvgIpc) is 2.43. The minimum Gasteiger partial charge on any atom is -0.326 e. The highest BCUT2D eigenvalue weighted by Crippen LogP contribution is 2.34. The Morgan fingerprint density at radius 3 is 2.83 bits per heavy atom. The van der Waals surface area contributed by atoms with Gasteiger partial charge in [0.1, 0.15) is 6.04 Å². The van der Waals surface area contributed by atoms with E-state index >= 15 is 0 Å². The topological polar surface area (TPSA) is 63.4 Å². The van der Waals surface area contributed by atoms with Gasteiger partial charge in [-0.15, -0.1) is 0 Å². The van der Waals surface area contributed by atoms with Crippen LogP contribution in [-0.2, 0) is 9.59 Å². The van der Waals surface area contributed by atoms with Crippen molar-refractivity contribution in [2.45, 2.75) is 37.9 Å². The molecule has 0 bridgehead atoms. The molecule has 2 aliphatic heterocycles. The summed E-state index contributed by atoms with van der Waals surface area (Å²) in [6.07, 6.45) is 1.68. The molecule has 4 heteroatoms. The Hall–Kier alpha value is -0.900. The second-order valence-electron chi connectivity index (χ2n) is 3.54. The monoisotopic (exact) mass is 168 g/mol. The van der Waals surface area contributed by atoms with Gasteiger partial charge in [0.05, 0.1) is 12.1 Å². The third kappa shape index (κ3) is 0.756. The number of ketones is 1. The highest BCUT2D eigenvalue weighted by molar-refractivity contribution is 5.95. The quantitative estimate of drug-likeness (QED) is 0.525. The first-order chi connectivity index (χ1) is 5.63. The van der Waals surface area contributed by atoms with Crippen molar-refractivity contribution in [2.24, 2.45) is 5.73 Å². The van der Waals surface area contributed by atoms with Gasteiger partial charge < -0.3 is 10.6 Å². The molecule has 2 N–H and O–H groups in total. The molecular weight excluding hydrogens is 156 g/mol. The molecule has 1 amide bonds. The standard InChI is InChI=1S/C8H12N2O2/c1-4(11)5-2-3-6-7(9)8(12)10(5)6/h5-7H,2-3,9H2,1H3. The number of nitrogens with two attached hydrogens (primary N) is 1. The van der Waals surface area contributed by atoms with Crippen molar-refractivity contribution in [3.63, 3.8) is 0 Å². The van der Waals surface area contributed by atoms with Gasteiger partial charge in [-0.25, -0.2) is 0 Å². The second-order valence-corrected chi connectivity index (χ2v) is 3.54. The Morgan fingerprint density at radius 2 is 2.25 bits per heavy atom. The minimum absolute atomic E-state index is 0.0577. The minimum atomic E-state index is -0.339. The maximum atomic E-state index is 11.2. The number of hydrogen-bond acceptors (Lipinski definition) is 3. The number of nitrogens with zero attached hydrogens (tertiary/aromatic N) is 1. The Bertz CT molecular complexity index is 251. The van der Waals surface area contributed by atoms with E-state index in [-0.39, 0.29) is 29.8 Å². The Balaban J connectivity index is 2.16. The lowest BCUT2D eigenvalue weighted by atomic mass is 9.97. The van der Waals surface area contributed by atoms with Gasteiger partial charge >= 0.3 is 0 Å². The number of rotatable bonds is 1. The molecule has 2 rings (SSSR count). The van der Waals surface area contributed by atoms with E-state index in [1.165, 1.54) is 6.92 Å². The summed E-state index contributed by atoms with van der Waals surface area (Å²) < 4.78 is 0. The largest absolute Gasteiger partial charge is 0.326 e. The molecule has 0 radical (unpaired) electrons. The van der Waals surface area contributed by atoms with Gasteiger partial charge in [-0.1, -0.05) is 0 Å². The van der Waals surface area contributed by atoms with Gasteiger partial charge in [0.2, 0.25) is 5.91 Å².